The van der Waals surface area contributed by atoms with Gasteiger partial charge in [0.25, 0.3) is 0 Å². The fourth-order valence-corrected chi connectivity index (χ4v) is 3.62. The van der Waals surface area contributed by atoms with Crippen LogP contribution in [0.1, 0.15) is 24.0 Å². The summed E-state index contributed by atoms with van der Waals surface area (Å²) in [6.07, 6.45) is 0.00519. The van der Waals surface area contributed by atoms with Gasteiger partial charge in [0.2, 0.25) is 0 Å². The Kier molecular flexibility index (Phi) is 4.96. The summed E-state index contributed by atoms with van der Waals surface area (Å²) in [6, 6.07) is 24.6. The summed E-state index contributed by atoms with van der Waals surface area (Å²) in [5, 5.41) is 0.709. The van der Waals surface area contributed by atoms with E-state index in [1.807, 2.05) is 31.2 Å². The minimum Gasteiger partial charge on any atom is -0.491 e. The van der Waals surface area contributed by atoms with E-state index in [1.54, 1.807) is 0 Å². The molecule has 26 heavy (non-hydrogen) atoms. The van der Waals surface area contributed by atoms with Crippen LogP contribution in [0.4, 0.5) is 0 Å². The smallest absolute Gasteiger partial charge is 0.119 e. The molecule has 1 unspecified atom stereocenters. The van der Waals surface area contributed by atoms with Crippen molar-refractivity contribution in [1.82, 2.24) is 0 Å². The fourth-order valence-electron chi connectivity index (χ4n) is 3.49. The van der Waals surface area contributed by atoms with Crippen LogP contribution in [0.25, 0.3) is 11.1 Å². The monoisotopic (exact) mass is 364 g/mol. The predicted octanol–water partition coefficient (Wildman–Crippen LogP) is 5.94. The van der Waals surface area contributed by atoms with Gasteiger partial charge in [-0.3, -0.25) is 0 Å². The van der Waals surface area contributed by atoms with Crippen LogP contribution in [0.2, 0.25) is 5.02 Å². The van der Waals surface area contributed by atoms with Gasteiger partial charge < -0.3 is 9.47 Å². The average Bonchev–Trinajstić information content (AvgIpc) is 3.00. The number of hydrogen-bond donors (Lipinski definition) is 0. The van der Waals surface area contributed by atoms with Gasteiger partial charge in [-0.05, 0) is 53.4 Å². The summed E-state index contributed by atoms with van der Waals surface area (Å²) in [5.41, 5.74) is 5.34. The van der Waals surface area contributed by atoms with E-state index in [4.69, 9.17) is 21.1 Å². The molecule has 1 aliphatic rings. The minimum absolute atomic E-state index is 0.00519. The average molecular weight is 365 g/mol. The highest BCUT2D eigenvalue weighted by Gasteiger charge is 2.28. The second-order valence-electron chi connectivity index (χ2n) is 6.64. The zero-order valence-corrected chi connectivity index (χ0v) is 15.4. The standard InChI is InChI=1S/C23H21ClO2/c1-16(14-26-18-12-10-17(24)11-13-18)25-15-23-21-8-4-2-6-19(21)20-7-3-5-9-22(20)23/h2-13,16,23H,14-15H2,1H3. The fraction of sp³-hybridized carbons (Fsp3) is 0.217. The molecule has 3 heteroatoms. The molecule has 1 aliphatic carbocycles. The largest absolute Gasteiger partial charge is 0.491 e. The number of fused-ring (bicyclic) bond motifs is 3. The van der Waals surface area contributed by atoms with Crippen molar-refractivity contribution in [2.24, 2.45) is 0 Å². The van der Waals surface area contributed by atoms with Crippen molar-refractivity contribution in [1.29, 1.82) is 0 Å². The number of hydrogen-bond acceptors (Lipinski definition) is 2. The SMILES string of the molecule is CC(COc1ccc(Cl)cc1)OCC1c2ccccc2-c2ccccc21. The third-order valence-corrected chi connectivity index (χ3v) is 5.06. The first-order valence-corrected chi connectivity index (χ1v) is 9.28. The first-order chi connectivity index (χ1) is 12.7. The highest BCUT2D eigenvalue weighted by molar-refractivity contribution is 6.30. The summed E-state index contributed by atoms with van der Waals surface area (Å²) in [4.78, 5) is 0. The molecule has 0 fully saturated rings. The topological polar surface area (TPSA) is 18.5 Å². The van der Waals surface area contributed by atoms with Crippen LogP contribution in [-0.4, -0.2) is 19.3 Å². The Morgan fingerprint density at radius 1 is 0.846 bits per heavy atom. The third-order valence-electron chi connectivity index (χ3n) is 4.81. The molecule has 0 aliphatic heterocycles. The van der Waals surface area contributed by atoms with Crippen molar-refractivity contribution in [3.8, 4) is 16.9 Å². The molecule has 0 radical (unpaired) electrons. The van der Waals surface area contributed by atoms with Crippen molar-refractivity contribution in [3.63, 3.8) is 0 Å². The van der Waals surface area contributed by atoms with Crippen molar-refractivity contribution in [2.45, 2.75) is 18.9 Å². The quantitative estimate of drug-likeness (QED) is 0.539. The molecule has 1 atom stereocenters. The Labute approximate surface area is 159 Å². The highest BCUT2D eigenvalue weighted by atomic mass is 35.5. The van der Waals surface area contributed by atoms with E-state index in [1.165, 1.54) is 22.3 Å². The van der Waals surface area contributed by atoms with Gasteiger partial charge in [-0.1, -0.05) is 60.1 Å². The Morgan fingerprint density at radius 2 is 1.42 bits per heavy atom. The lowest BCUT2D eigenvalue weighted by atomic mass is 9.98. The molecule has 132 valence electrons. The van der Waals surface area contributed by atoms with E-state index in [0.29, 0.717) is 18.2 Å². The lowest BCUT2D eigenvalue weighted by molar-refractivity contribution is 0.0288. The second-order valence-corrected chi connectivity index (χ2v) is 7.07. The van der Waals surface area contributed by atoms with Gasteiger partial charge in [-0.15, -0.1) is 0 Å². The van der Waals surface area contributed by atoms with Gasteiger partial charge in [0, 0.05) is 10.9 Å². The number of halogens is 1. The molecule has 0 aromatic heterocycles. The first-order valence-electron chi connectivity index (χ1n) is 8.90. The van der Waals surface area contributed by atoms with Crippen molar-refractivity contribution in [2.75, 3.05) is 13.2 Å². The maximum Gasteiger partial charge on any atom is 0.119 e. The molecule has 0 spiro atoms. The minimum atomic E-state index is 0.00519. The van der Waals surface area contributed by atoms with Crippen LogP contribution in [0.15, 0.2) is 72.8 Å². The Hall–Kier alpha value is -2.29. The van der Waals surface area contributed by atoms with Crippen LogP contribution < -0.4 is 4.74 Å². The lowest BCUT2D eigenvalue weighted by Gasteiger charge is -2.19. The summed E-state index contributed by atoms with van der Waals surface area (Å²) in [5.74, 6) is 1.08. The van der Waals surface area contributed by atoms with Crippen LogP contribution in [0.3, 0.4) is 0 Å². The summed E-state index contributed by atoms with van der Waals surface area (Å²) < 4.78 is 11.9. The molecule has 0 N–H and O–H groups in total. The molecule has 2 nitrogen and oxygen atoms in total. The second kappa shape index (κ2) is 7.53. The molecule has 0 amide bonds. The summed E-state index contributed by atoms with van der Waals surface area (Å²) in [7, 11) is 0. The van der Waals surface area contributed by atoms with E-state index in [0.717, 1.165) is 5.75 Å². The van der Waals surface area contributed by atoms with Gasteiger partial charge >= 0.3 is 0 Å². The molecule has 4 rings (SSSR count). The van der Waals surface area contributed by atoms with E-state index >= 15 is 0 Å². The van der Waals surface area contributed by atoms with E-state index in [9.17, 15) is 0 Å². The number of rotatable bonds is 6. The summed E-state index contributed by atoms with van der Waals surface area (Å²) >= 11 is 5.90. The van der Waals surface area contributed by atoms with Crippen LogP contribution in [-0.2, 0) is 4.74 Å². The Balaban J connectivity index is 1.40. The molecule has 3 aromatic carbocycles. The van der Waals surface area contributed by atoms with Gasteiger partial charge in [0.15, 0.2) is 0 Å². The Bertz CT molecular complexity index is 843. The van der Waals surface area contributed by atoms with E-state index in [-0.39, 0.29) is 12.0 Å². The van der Waals surface area contributed by atoms with E-state index in [2.05, 4.69) is 48.5 Å². The van der Waals surface area contributed by atoms with Gasteiger partial charge in [-0.25, -0.2) is 0 Å². The maximum absolute atomic E-state index is 6.13. The Morgan fingerprint density at radius 3 is 2.04 bits per heavy atom. The zero-order valence-electron chi connectivity index (χ0n) is 14.7. The molecular weight excluding hydrogens is 344 g/mol. The van der Waals surface area contributed by atoms with Crippen molar-refractivity contribution >= 4 is 11.6 Å². The molecule has 0 bridgehead atoms. The highest BCUT2D eigenvalue weighted by Crippen LogP contribution is 2.44. The maximum atomic E-state index is 6.13. The van der Waals surface area contributed by atoms with Gasteiger partial charge in [-0.2, -0.15) is 0 Å². The zero-order chi connectivity index (χ0) is 17.9. The molecule has 0 saturated heterocycles. The molecule has 3 aromatic rings. The van der Waals surface area contributed by atoms with Crippen LogP contribution in [0.5, 0.6) is 5.75 Å². The normalized spacial score (nSPS) is 13.9. The molecular formula is C23H21ClO2. The van der Waals surface area contributed by atoms with Crippen molar-refractivity contribution < 1.29 is 9.47 Å². The van der Waals surface area contributed by atoms with Gasteiger partial charge in [0.1, 0.15) is 12.4 Å². The summed E-state index contributed by atoms with van der Waals surface area (Å²) in [6.45, 7) is 3.21. The molecule has 0 heterocycles. The van der Waals surface area contributed by atoms with Crippen LogP contribution in [0, 0.1) is 0 Å². The first kappa shape index (κ1) is 17.1. The predicted molar refractivity (Wildman–Crippen MR) is 106 cm³/mol. The molecule has 0 saturated carbocycles. The number of benzene rings is 3. The van der Waals surface area contributed by atoms with Gasteiger partial charge in [0.05, 0.1) is 12.7 Å². The number of ether oxygens (including phenoxy) is 2. The van der Waals surface area contributed by atoms with Crippen LogP contribution >= 0.6 is 11.6 Å². The lowest BCUT2D eigenvalue weighted by Crippen LogP contribution is -2.21. The third kappa shape index (κ3) is 3.48. The van der Waals surface area contributed by atoms with E-state index < -0.39 is 0 Å². The van der Waals surface area contributed by atoms with Crippen molar-refractivity contribution in [3.05, 3.63) is 88.9 Å².